The highest BCUT2D eigenvalue weighted by atomic mass is 15.0. The van der Waals surface area contributed by atoms with Crippen LogP contribution in [-0.2, 0) is 0 Å². The summed E-state index contributed by atoms with van der Waals surface area (Å²) < 4.78 is 0. The fraction of sp³-hybridized carbons (Fsp3) is 0.750. The van der Waals surface area contributed by atoms with E-state index < -0.39 is 0 Å². The molecule has 0 spiro atoms. The minimum atomic E-state index is 0.488. The maximum absolute atomic E-state index is 4.50. The summed E-state index contributed by atoms with van der Waals surface area (Å²) >= 11 is 0. The number of fused-ring (bicyclic) bond motifs is 1. The Bertz CT molecular complexity index is 142. The molecule has 2 rings (SSSR count). The molecule has 2 atom stereocenters. The zero-order valence-electron chi connectivity index (χ0n) is 6.09. The summed E-state index contributed by atoms with van der Waals surface area (Å²) in [5.74, 6) is 0. The third-order valence-corrected chi connectivity index (χ3v) is 2.26. The Labute approximate surface area is 61.7 Å². The molecule has 0 aromatic rings. The van der Waals surface area contributed by atoms with Gasteiger partial charge < -0.3 is 5.32 Å². The van der Waals surface area contributed by atoms with Crippen LogP contribution in [0.1, 0.15) is 12.8 Å². The first-order valence-corrected chi connectivity index (χ1v) is 4.03. The van der Waals surface area contributed by atoms with E-state index in [-0.39, 0.29) is 0 Å². The van der Waals surface area contributed by atoms with E-state index in [9.17, 15) is 0 Å². The van der Waals surface area contributed by atoms with Crippen molar-refractivity contribution in [3.63, 3.8) is 0 Å². The average molecular weight is 137 g/mol. The molecule has 2 aliphatic rings. The predicted octanol–water partition coefficient (Wildman–Crippen LogP) is 0.281. The molecule has 55 valence electrons. The Balaban J connectivity index is 2.03. The van der Waals surface area contributed by atoms with E-state index in [1.54, 1.807) is 0 Å². The summed E-state index contributed by atoms with van der Waals surface area (Å²) in [6.45, 7) is 2.10. The normalized spacial score (nSPS) is 39.2. The van der Waals surface area contributed by atoms with E-state index in [0.29, 0.717) is 12.1 Å². The fourth-order valence-electron chi connectivity index (χ4n) is 1.69. The zero-order chi connectivity index (χ0) is 6.81. The molecule has 0 amide bonds. The molecule has 2 heterocycles. The summed E-state index contributed by atoms with van der Waals surface area (Å²) in [4.78, 5) is 0. The highest BCUT2D eigenvalue weighted by Gasteiger charge is 2.24. The van der Waals surface area contributed by atoms with Crippen molar-refractivity contribution in [3.8, 4) is 0 Å². The lowest BCUT2D eigenvalue weighted by atomic mass is 9.96. The highest BCUT2D eigenvalue weighted by Crippen LogP contribution is 2.13. The van der Waals surface area contributed by atoms with Crippen LogP contribution in [0.25, 0.3) is 0 Å². The van der Waals surface area contributed by atoms with Crippen LogP contribution in [-0.4, -0.2) is 25.2 Å². The molecule has 1 fully saturated rings. The lowest BCUT2D eigenvalue weighted by molar-refractivity contribution is 0.332. The van der Waals surface area contributed by atoms with Crippen molar-refractivity contribution < 1.29 is 0 Å². The van der Waals surface area contributed by atoms with Crippen molar-refractivity contribution in [2.24, 2.45) is 0 Å². The summed E-state index contributed by atoms with van der Waals surface area (Å²) in [6, 6.07) is 1.14. The largest absolute Gasteiger partial charge is 0.309 e. The molecule has 1 N–H and O–H groups in total. The van der Waals surface area contributed by atoms with Crippen LogP contribution in [0.15, 0.2) is 12.2 Å². The predicted molar refractivity (Wildman–Crippen MR) is 41.0 cm³/mol. The number of nitrogens with one attached hydrogen (secondary N) is 1. The van der Waals surface area contributed by atoms with Crippen molar-refractivity contribution >= 4 is 0 Å². The van der Waals surface area contributed by atoms with Gasteiger partial charge in [0.25, 0.3) is 0 Å². The molecule has 0 bridgehead atoms. The van der Waals surface area contributed by atoms with Gasteiger partial charge in [0.1, 0.15) is 0 Å². The number of hydrogen-bond donors (Lipinski definition) is 1. The summed E-state index contributed by atoms with van der Waals surface area (Å²) in [5, 5.41) is 7.94. The van der Waals surface area contributed by atoms with E-state index in [0.717, 1.165) is 13.1 Å². The van der Waals surface area contributed by atoms with Crippen LogP contribution in [0.3, 0.4) is 0 Å². The molecule has 2 unspecified atom stereocenters. The van der Waals surface area contributed by atoms with E-state index >= 15 is 0 Å². The Morgan fingerprint density at radius 3 is 3.40 bits per heavy atom. The second kappa shape index (κ2) is 2.72. The Morgan fingerprint density at radius 2 is 2.50 bits per heavy atom. The van der Waals surface area contributed by atoms with Gasteiger partial charge >= 0.3 is 0 Å². The van der Waals surface area contributed by atoms with Gasteiger partial charge in [-0.2, -0.15) is 0 Å². The van der Waals surface area contributed by atoms with Crippen molar-refractivity contribution in [1.29, 1.82) is 0 Å². The molecular formula is C8H13N2. The number of hydrogen-bond acceptors (Lipinski definition) is 1. The van der Waals surface area contributed by atoms with Crippen LogP contribution in [0.2, 0.25) is 0 Å². The van der Waals surface area contributed by atoms with E-state index in [1.807, 2.05) is 0 Å². The number of nitrogens with zero attached hydrogens (tertiary/aromatic N) is 1. The van der Waals surface area contributed by atoms with Crippen molar-refractivity contribution in [1.82, 2.24) is 10.6 Å². The molecule has 0 aromatic carbocycles. The van der Waals surface area contributed by atoms with Crippen LogP contribution in [0.4, 0.5) is 0 Å². The summed E-state index contributed by atoms with van der Waals surface area (Å²) in [6.07, 6.45) is 6.98. The topological polar surface area (TPSA) is 26.1 Å². The summed E-state index contributed by atoms with van der Waals surface area (Å²) in [5.41, 5.74) is 0. The van der Waals surface area contributed by atoms with Crippen LogP contribution in [0.5, 0.6) is 0 Å². The van der Waals surface area contributed by atoms with Gasteiger partial charge in [0.2, 0.25) is 0 Å². The monoisotopic (exact) mass is 137 g/mol. The van der Waals surface area contributed by atoms with Gasteiger partial charge in [-0.3, -0.25) is 0 Å². The molecule has 0 aromatic heterocycles. The molecule has 10 heavy (non-hydrogen) atoms. The third kappa shape index (κ3) is 1.09. The first-order chi connectivity index (χ1) is 4.97. The lowest BCUT2D eigenvalue weighted by Gasteiger charge is -2.32. The maximum Gasteiger partial charge on any atom is 0.0580 e. The minimum Gasteiger partial charge on any atom is -0.309 e. The van der Waals surface area contributed by atoms with Crippen LogP contribution < -0.4 is 10.6 Å². The number of piperidine rings is 1. The molecule has 0 aliphatic carbocycles. The SMILES string of the molecule is C1=CC2[N]CCCC2NC1. The molecule has 1 saturated heterocycles. The second-order valence-electron chi connectivity index (χ2n) is 2.98. The van der Waals surface area contributed by atoms with Gasteiger partial charge in [-0.1, -0.05) is 12.2 Å². The maximum atomic E-state index is 4.50. The van der Waals surface area contributed by atoms with Crippen molar-refractivity contribution in [2.45, 2.75) is 24.9 Å². The van der Waals surface area contributed by atoms with E-state index in [4.69, 9.17) is 0 Å². The van der Waals surface area contributed by atoms with Crippen LogP contribution in [0, 0.1) is 0 Å². The lowest BCUT2D eigenvalue weighted by Crippen LogP contribution is -2.49. The molecule has 2 nitrogen and oxygen atoms in total. The third-order valence-electron chi connectivity index (χ3n) is 2.26. The van der Waals surface area contributed by atoms with Gasteiger partial charge in [-0.15, -0.1) is 0 Å². The molecule has 2 aliphatic heterocycles. The van der Waals surface area contributed by atoms with Gasteiger partial charge in [0, 0.05) is 19.1 Å². The quantitative estimate of drug-likeness (QED) is 0.477. The van der Waals surface area contributed by atoms with Gasteiger partial charge in [0.15, 0.2) is 0 Å². The Morgan fingerprint density at radius 1 is 1.50 bits per heavy atom. The Hall–Kier alpha value is -0.340. The number of rotatable bonds is 0. The molecule has 1 radical (unpaired) electrons. The molecular weight excluding hydrogens is 124 g/mol. The second-order valence-corrected chi connectivity index (χ2v) is 2.98. The summed E-state index contributed by atoms with van der Waals surface area (Å²) in [7, 11) is 0. The minimum absolute atomic E-state index is 0.488. The Kier molecular flexibility index (Phi) is 1.74. The van der Waals surface area contributed by atoms with Gasteiger partial charge in [0.05, 0.1) is 6.04 Å². The highest BCUT2D eigenvalue weighted by molar-refractivity contribution is 5.06. The fourth-order valence-corrected chi connectivity index (χ4v) is 1.69. The van der Waals surface area contributed by atoms with Gasteiger partial charge in [-0.25, -0.2) is 5.32 Å². The standard InChI is InChI=1S/C8H13N2/c1-3-7-8(9-5-1)4-2-6-10-7/h1,3,7-9H,2,4-6H2. The van der Waals surface area contributed by atoms with Crippen molar-refractivity contribution in [3.05, 3.63) is 12.2 Å². The first-order valence-electron chi connectivity index (χ1n) is 4.03. The van der Waals surface area contributed by atoms with Gasteiger partial charge in [-0.05, 0) is 12.8 Å². The smallest absolute Gasteiger partial charge is 0.0580 e. The van der Waals surface area contributed by atoms with Crippen molar-refractivity contribution in [2.75, 3.05) is 13.1 Å². The molecule has 0 saturated carbocycles. The first kappa shape index (κ1) is 6.38. The van der Waals surface area contributed by atoms with E-state index in [1.165, 1.54) is 12.8 Å². The molecule has 2 heteroatoms. The average Bonchev–Trinajstić information content (AvgIpc) is 2.05. The zero-order valence-corrected chi connectivity index (χ0v) is 6.09. The van der Waals surface area contributed by atoms with E-state index in [2.05, 4.69) is 22.8 Å². The van der Waals surface area contributed by atoms with Crippen LogP contribution >= 0.6 is 0 Å².